The Morgan fingerprint density at radius 1 is 1.44 bits per heavy atom. The zero-order chi connectivity index (χ0) is 13.9. The van der Waals surface area contributed by atoms with Gasteiger partial charge in [-0.15, -0.1) is 0 Å². The van der Waals surface area contributed by atoms with Crippen LogP contribution in [0.4, 0.5) is 11.4 Å². The normalized spacial score (nSPS) is 9.89. The number of hydrogen-bond donors (Lipinski definition) is 1. The zero-order valence-corrected chi connectivity index (χ0v) is 10.0. The third-order valence-corrected chi connectivity index (χ3v) is 2.39. The molecule has 96 valence electrons. The molecule has 0 fully saturated rings. The Morgan fingerprint density at radius 2 is 2.06 bits per heavy atom. The Bertz CT molecular complexity index is 513. The molecule has 7 nitrogen and oxygen atoms in total. The maximum Gasteiger partial charge on any atom is 0.280 e. The second-order valence-corrected chi connectivity index (χ2v) is 3.84. The van der Waals surface area contributed by atoms with Gasteiger partial charge in [-0.05, 0) is 19.1 Å². The molecule has 0 radical (unpaired) electrons. The highest BCUT2D eigenvalue weighted by atomic mass is 16.6. The minimum Gasteiger partial charge on any atom is -0.368 e. The number of ketones is 1. The molecule has 0 spiro atoms. The van der Waals surface area contributed by atoms with Gasteiger partial charge in [-0.2, -0.15) is 0 Å². The van der Waals surface area contributed by atoms with Crippen LogP contribution in [0.1, 0.15) is 17.3 Å². The Kier molecular flexibility index (Phi) is 3.98. The first-order chi connectivity index (χ1) is 8.32. The maximum absolute atomic E-state index is 11.4. The predicted molar refractivity (Wildman–Crippen MR) is 65.6 cm³/mol. The molecule has 0 saturated heterocycles. The summed E-state index contributed by atoms with van der Waals surface area (Å²) in [6.45, 7) is 1.22. The van der Waals surface area contributed by atoms with E-state index in [-0.39, 0.29) is 17.8 Å². The molecule has 18 heavy (non-hydrogen) atoms. The fourth-order valence-electron chi connectivity index (χ4n) is 1.53. The molecule has 1 aromatic rings. The van der Waals surface area contributed by atoms with Crippen LogP contribution in [0.25, 0.3) is 0 Å². The number of Topliss-reactive ketones (excluding diaryl/α,β-unsaturated/α-hetero) is 1. The maximum atomic E-state index is 11.4. The number of nitrogens with two attached hydrogens (primary N) is 1. The monoisotopic (exact) mass is 251 g/mol. The van der Waals surface area contributed by atoms with E-state index in [9.17, 15) is 19.7 Å². The van der Waals surface area contributed by atoms with Crippen LogP contribution in [0.15, 0.2) is 18.2 Å². The number of rotatable bonds is 5. The largest absolute Gasteiger partial charge is 0.368 e. The first kappa shape index (κ1) is 13.6. The van der Waals surface area contributed by atoms with Gasteiger partial charge in [0.25, 0.3) is 5.69 Å². The van der Waals surface area contributed by atoms with Crippen molar-refractivity contribution in [3.63, 3.8) is 0 Å². The highest BCUT2D eigenvalue weighted by Gasteiger charge is 2.18. The van der Waals surface area contributed by atoms with Crippen molar-refractivity contribution >= 4 is 23.1 Å². The molecule has 0 bridgehead atoms. The molecule has 0 aliphatic heterocycles. The van der Waals surface area contributed by atoms with Crippen molar-refractivity contribution in [1.82, 2.24) is 0 Å². The van der Waals surface area contributed by atoms with Crippen molar-refractivity contribution in [3.8, 4) is 0 Å². The minimum absolute atomic E-state index is 0.00817. The topological polar surface area (TPSA) is 107 Å². The predicted octanol–water partition coefficient (Wildman–Crippen LogP) is 0.719. The standard InChI is InChI=1S/C11H13N3O4/c1-7(15)9-5-8(13(2)6-11(12)16)3-4-10(9)14(17)18/h3-5H,6H2,1-2H3,(H2,12,16). The number of amides is 1. The summed E-state index contributed by atoms with van der Waals surface area (Å²) in [5, 5.41) is 10.8. The summed E-state index contributed by atoms with van der Waals surface area (Å²) in [5.41, 5.74) is 5.33. The second-order valence-electron chi connectivity index (χ2n) is 3.84. The molecule has 1 aromatic carbocycles. The Balaban J connectivity index is 3.18. The number of benzene rings is 1. The summed E-state index contributed by atoms with van der Waals surface area (Å²) in [6, 6.07) is 4.08. The summed E-state index contributed by atoms with van der Waals surface area (Å²) in [7, 11) is 1.61. The van der Waals surface area contributed by atoms with E-state index in [0.29, 0.717) is 5.69 Å². The molecule has 0 aliphatic carbocycles. The first-order valence-corrected chi connectivity index (χ1v) is 5.11. The molecular formula is C11H13N3O4. The third kappa shape index (κ3) is 3.03. The third-order valence-electron chi connectivity index (χ3n) is 2.39. The van der Waals surface area contributed by atoms with Gasteiger partial charge in [0.1, 0.15) is 0 Å². The Morgan fingerprint density at radius 3 is 2.50 bits per heavy atom. The number of likely N-dealkylation sites (N-methyl/N-ethyl adjacent to an activating group) is 1. The lowest BCUT2D eigenvalue weighted by molar-refractivity contribution is -0.385. The summed E-state index contributed by atoms with van der Waals surface area (Å²) in [6.07, 6.45) is 0. The first-order valence-electron chi connectivity index (χ1n) is 5.11. The van der Waals surface area contributed by atoms with Gasteiger partial charge in [0.05, 0.1) is 17.0 Å². The summed E-state index contributed by atoms with van der Waals surface area (Å²) in [5.74, 6) is -0.934. The second kappa shape index (κ2) is 5.26. The van der Waals surface area contributed by atoms with Crippen molar-refractivity contribution < 1.29 is 14.5 Å². The Hall–Kier alpha value is -2.44. The summed E-state index contributed by atoms with van der Waals surface area (Å²) < 4.78 is 0. The average molecular weight is 251 g/mol. The van der Waals surface area contributed by atoms with Gasteiger partial charge in [-0.1, -0.05) is 0 Å². The molecular weight excluding hydrogens is 238 g/mol. The lowest BCUT2D eigenvalue weighted by Gasteiger charge is -2.17. The highest BCUT2D eigenvalue weighted by Crippen LogP contribution is 2.24. The van der Waals surface area contributed by atoms with Crippen molar-refractivity contribution in [1.29, 1.82) is 0 Å². The van der Waals surface area contributed by atoms with Crippen molar-refractivity contribution in [3.05, 3.63) is 33.9 Å². The van der Waals surface area contributed by atoms with Crippen molar-refractivity contribution in [2.75, 3.05) is 18.5 Å². The van der Waals surface area contributed by atoms with Crippen LogP contribution in [0.3, 0.4) is 0 Å². The molecule has 0 aromatic heterocycles. The Labute approximate surface area is 103 Å². The number of hydrogen-bond acceptors (Lipinski definition) is 5. The quantitative estimate of drug-likeness (QED) is 0.471. The van der Waals surface area contributed by atoms with Crippen molar-refractivity contribution in [2.24, 2.45) is 5.73 Å². The van der Waals surface area contributed by atoms with Crippen LogP contribution in [-0.4, -0.2) is 30.2 Å². The van der Waals surface area contributed by atoms with E-state index < -0.39 is 16.6 Å². The van der Waals surface area contributed by atoms with Crippen LogP contribution in [0.5, 0.6) is 0 Å². The fraction of sp³-hybridized carbons (Fsp3) is 0.273. The molecule has 0 heterocycles. The fourth-order valence-corrected chi connectivity index (χ4v) is 1.53. The molecule has 0 unspecified atom stereocenters. The number of anilines is 1. The van der Waals surface area contributed by atoms with E-state index >= 15 is 0 Å². The van der Waals surface area contributed by atoms with Crippen LogP contribution in [-0.2, 0) is 4.79 Å². The van der Waals surface area contributed by atoms with Gasteiger partial charge in [0, 0.05) is 18.8 Å². The lowest BCUT2D eigenvalue weighted by Crippen LogP contribution is -2.30. The molecule has 1 amide bonds. The van der Waals surface area contributed by atoms with E-state index in [4.69, 9.17) is 5.73 Å². The van der Waals surface area contributed by atoms with Gasteiger partial charge >= 0.3 is 0 Å². The zero-order valence-electron chi connectivity index (χ0n) is 10.0. The van der Waals surface area contributed by atoms with Gasteiger partial charge in [0.15, 0.2) is 5.78 Å². The molecule has 1 rings (SSSR count). The number of nitro benzene ring substituents is 1. The van der Waals surface area contributed by atoms with E-state index in [1.807, 2.05) is 0 Å². The molecule has 0 saturated carbocycles. The van der Waals surface area contributed by atoms with E-state index in [2.05, 4.69) is 0 Å². The summed E-state index contributed by atoms with van der Waals surface area (Å²) in [4.78, 5) is 33.8. The van der Waals surface area contributed by atoms with E-state index in [1.165, 1.54) is 30.0 Å². The molecule has 0 aliphatic rings. The lowest BCUT2D eigenvalue weighted by atomic mass is 10.1. The van der Waals surface area contributed by atoms with Crippen LogP contribution in [0, 0.1) is 10.1 Å². The van der Waals surface area contributed by atoms with Gasteiger partial charge < -0.3 is 10.6 Å². The number of nitro groups is 1. The molecule has 2 N–H and O–H groups in total. The number of nitrogens with zero attached hydrogens (tertiary/aromatic N) is 2. The SMILES string of the molecule is CC(=O)c1cc(N(C)CC(N)=O)ccc1[N+](=O)[O-]. The molecule has 7 heteroatoms. The van der Waals surface area contributed by atoms with Crippen LogP contribution < -0.4 is 10.6 Å². The summed E-state index contributed by atoms with van der Waals surface area (Å²) >= 11 is 0. The number of primary amides is 1. The molecule has 0 atom stereocenters. The minimum atomic E-state index is -0.616. The number of carbonyl (C=O) groups is 2. The van der Waals surface area contributed by atoms with Crippen molar-refractivity contribution in [2.45, 2.75) is 6.92 Å². The van der Waals surface area contributed by atoms with Gasteiger partial charge in [-0.3, -0.25) is 19.7 Å². The smallest absolute Gasteiger partial charge is 0.280 e. The van der Waals surface area contributed by atoms with E-state index in [0.717, 1.165) is 0 Å². The average Bonchev–Trinajstić information content (AvgIpc) is 2.26. The van der Waals surface area contributed by atoms with Crippen LogP contribution >= 0.6 is 0 Å². The van der Waals surface area contributed by atoms with Crippen LogP contribution in [0.2, 0.25) is 0 Å². The van der Waals surface area contributed by atoms with Gasteiger partial charge in [-0.25, -0.2) is 0 Å². The van der Waals surface area contributed by atoms with E-state index in [1.54, 1.807) is 7.05 Å². The van der Waals surface area contributed by atoms with Gasteiger partial charge in [0.2, 0.25) is 5.91 Å². The highest BCUT2D eigenvalue weighted by molar-refractivity contribution is 5.99. The number of carbonyl (C=O) groups excluding carboxylic acids is 2.